The quantitative estimate of drug-likeness (QED) is 0.835. The standard InChI is InChI=1S/C14H15BrClFN2S/c1-19(7-9-5-13(15)20-8-9)12(6-18)10-3-2-4-11(16)14(10)17/h2-5,8,12H,6-7,18H2,1H3. The third-order valence-electron chi connectivity index (χ3n) is 3.15. The van der Waals surface area contributed by atoms with Crippen LogP contribution in [-0.4, -0.2) is 18.5 Å². The number of thiophene rings is 1. The molecule has 0 saturated heterocycles. The highest BCUT2D eigenvalue weighted by Crippen LogP contribution is 2.28. The first-order chi connectivity index (χ1) is 9.52. The summed E-state index contributed by atoms with van der Waals surface area (Å²) in [6.07, 6.45) is 0. The van der Waals surface area contributed by atoms with Crippen molar-refractivity contribution in [2.45, 2.75) is 12.6 Å². The van der Waals surface area contributed by atoms with E-state index in [4.69, 9.17) is 17.3 Å². The lowest BCUT2D eigenvalue weighted by Gasteiger charge is -2.27. The van der Waals surface area contributed by atoms with Gasteiger partial charge in [-0.2, -0.15) is 0 Å². The lowest BCUT2D eigenvalue weighted by atomic mass is 10.0. The first-order valence-electron chi connectivity index (χ1n) is 6.10. The number of rotatable bonds is 5. The van der Waals surface area contributed by atoms with E-state index in [1.165, 1.54) is 5.56 Å². The van der Waals surface area contributed by atoms with Crippen LogP contribution in [0.25, 0.3) is 0 Å². The van der Waals surface area contributed by atoms with E-state index in [0.29, 0.717) is 18.7 Å². The van der Waals surface area contributed by atoms with Crippen molar-refractivity contribution in [3.63, 3.8) is 0 Å². The third kappa shape index (κ3) is 3.59. The van der Waals surface area contributed by atoms with Crippen LogP contribution >= 0.6 is 38.9 Å². The smallest absolute Gasteiger partial charge is 0.146 e. The molecule has 2 nitrogen and oxygen atoms in total. The molecule has 108 valence electrons. The molecule has 0 bridgehead atoms. The van der Waals surface area contributed by atoms with Crippen molar-refractivity contribution >= 4 is 38.9 Å². The fourth-order valence-electron chi connectivity index (χ4n) is 2.15. The maximum atomic E-state index is 14.1. The Kier molecular flexibility index (Phi) is 5.57. The number of nitrogens with zero attached hydrogens (tertiary/aromatic N) is 1. The van der Waals surface area contributed by atoms with Gasteiger partial charge in [-0.25, -0.2) is 4.39 Å². The molecule has 0 aliphatic rings. The van der Waals surface area contributed by atoms with E-state index in [2.05, 4.69) is 27.4 Å². The fourth-order valence-corrected chi connectivity index (χ4v) is 3.53. The van der Waals surface area contributed by atoms with Crippen molar-refractivity contribution in [1.29, 1.82) is 0 Å². The van der Waals surface area contributed by atoms with Gasteiger partial charge < -0.3 is 5.73 Å². The van der Waals surface area contributed by atoms with Crippen LogP contribution in [0.2, 0.25) is 5.02 Å². The molecule has 2 rings (SSSR count). The average molecular weight is 378 g/mol. The minimum Gasteiger partial charge on any atom is -0.329 e. The maximum absolute atomic E-state index is 14.1. The van der Waals surface area contributed by atoms with Gasteiger partial charge in [0, 0.05) is 24.7 Å². The zero-order chi connectivity index (χ0) is 14.7. The summed E-state index contributed by atoms with van der Waals surface area (Å²) < 4.78 is 15.2. The minimum absolute atomic E-state index is 0.132. The first kappa shape index (κ1) is 15.9. The third-order valence-corrected chi connectivity index (χ3v) is 4.99. The van der Waals surface area contributed by atoms with Gasteiger partial charge in [0.1, 0.15) is 5.82 Å². The van der Waals surface area contributed by atoms with Gasteiger partial charge in [-0.05, 0) is 46.1 Å². The van der Waals surface area contributed by atoms with Crippen LogP contribution in [-0.2, 0) is 6.54 Å². The summed E-state index contributed by atoms with van der Waals surface area (Å²) in [5.41, 5.74) is 7.54. The van der Waals surface area contributed by atoms with Gasteiger partial charge in [0.2, 0.25) is 0 Å². The molecule has 2 aromatic rings. The molecule has 0 radical (unpaired) electrons. The van der Waals surface area contributed by atoms with Crippen LogP contribution in [0.4, 0.5) is 4.39 Å². The Bertz CT molecular complexity index is 590. The Balaban J connectivity index is 2.20. The Labute approximate surface area is 135 Å². The molecule has 6 heteroatoms. The molecular weight excluding hydrogens is 363 g/mol. The monoisotopic (exact) mass is 376 g/mol. The SMILES string of the molecule is CN(Cc1csc(Br)c1)C(CN)c1cccc(Cl)c1F. The van der Waals surface area contributed by atoms with Crippen molar-refractivity contribution in [3.8, 4) is 0 Å². The van der Waals surface area contributed by atoms with Gasteiger partial charge in [-0.1, -0.05) is 23.7 Å². The topological polar surface area (TPSA) is 29.3 Å². The summed E-state index contributed by atoms with van der Waals surface area (Å²) in [5, 5.41) is 2.20. The minimum atomic E-state index is -0.386. The molecule has 0 amide bonds. The molecule has 20 heavy (non-hydrogen) atoms. The number of benzene rings is 1. The lowest BCUT2D eigenvalue weighted by molar-refractivity contribution is 0.237. The second kappa shape index (κ2) is 7.00. The van der Waals surface area contributed by atoms with E-state index in [1.807, 2.05) is 11.9 Å². The molecule has 0 aliphatic heterocycles. The molecule has 0 fully saturated rings. The second-order valence-corrected chi connectivity index (χ2v) is 7.27. The molecule has 1 aromatic carbocycles. The number of nitrogens with two attached hydrogens (primary N) is 1. The molecular formula is C14H15BrClFN2S. The molecule has 2 N–H and O–H groups in total. The van der Waals surface area contributed by atoms with Gasteiger partial charge in [0.25, 0.3) is 0 Å². The summed E-state index contributed by atoms with van der Waals surface area (Å²) in [6.45, 7) is 1.04. The summed E-state index contributed by atoms with van der Waals surface area (Å²) in [4.78, 5) is 2.03. The predicted molar refractivity (Wildman–Crippen MR) is 86.7 cm³/mol. The van der Waals surface area contributed by atoms with Gasteiger partial charge in [-0.15, -0.1) is 11.3 Å². The van der Waals surface area contributed by atoms with Gasteiger partial charge >= 0.3 is 0 Å². The molecule has 1 heterocycles. The summed E-state index contributed by atoms with van der Waals surface area (Å²) >= 11 is 10.9. The van der Waals surface area contributed by atoms with E-state index < -0.39 is 0 Å². The number of halogens is 3. The largest absolute Gasteiger partial charge is 0.329 e. The highest BCUT2D eigenvalue weighted by Gasteiger charge is 2.20. The number of hydrogen-bond donors (Lipinski definition) is 1. The molecule has 1 atom stereocenters. The van der Waals surface area contributed by atoms with Crippen molar-refractivity contribution in [3.05, 3.63) is 55.4 Å². The van der Waals surface area contributed by atoms with Crippen LogP contribution in [0.15, 0.2) is 33.4 Å². The first-order valence-corrected chi connectivity index (χ1v) is 8.15. The number of likely N-dealkylation sites (N-methyl/N-ethyl adjacent to an activating group) is 1. The predicted octanol–water partition coefficient (Wildman–Crippen LogP) is 4.43. The zero-order valence-electron chi connectivity index (χ0n) is 10.9. The van der Waals surface area contributed by atoms with Gasteiger partial charge in [0.05, 0.1) is 8.81 Å². The highest BCUT2D eigenvalue weighted by molar-refractivity contribution is 9.11. The Morgan fingerprint density at radius 2 is 2.25 bits per heavy atom. The second-order valence-electron chi connectivity index (χ2n) is 4.57. The Morgan fingerprint density at radius 1 is 1.50 bits per heavy atom. The van der Waals surface area contributed by atoms with Crippen molar-refractivity contribution in [1.82, 2.24) is 4.90 Å². The van der Waals surface area contributed by atoms with Crippen LogP contribution in [0.3, 0.4) is 0 Å². The van der Waals surface area contributed by atoms with Crippen molar-refractivity contribution in [2.24, 2.45) is 5.73 Å². The maximum Gasteiger partial charge on any atom is 0.146 e. The van der Waals surface area contributed by atoms with E-state index in [0.717, 1.165) is 3.79 Å². The summed E-state index contributed by atoms with van der Waals surface area (Å²) in [5.74, 6) is -0.386. The van der Waals surface area contributed by atoms with E-state index >= 15 is 0 Å². The molecule has 1 unspecified atom stereocenters. The molecule has 1 aromatic heterocycles. The zero-order valence-corrected chi connectivity index (χ0v) is 14.1. The van der Waals surface area contributed by atoms with E-state index in [9.17, 15) is 4.39 Å². The lowest BCUT2D eigenvalue weighted by Crippen LogP contribution is -2.30. The van der Waals surface area contributed by atoms with E-state index in [1.54, 1.807) is 29.5 Å². The van der Waals surface area contributed by atoms with Crippen LogP contribution in [0, 0.1) is 5.82 Å². The van der Waals surface area contributed by atoms with Crippen LogP contribution in [0.1, 0.15) is 17.2 Å². The molecule has 0 saturated carbocycles. The van der Waals surface area contributed by atoms with Crippen LogP contribution in [0.5, 0.6) is 0 Å². The Morgan fingerprint density at radius 3 is 2.85 bits per heavy atom. The molecule has 0 aliphatic carbocycles. The average Bonchev–Trinajstić information content (AvgIpc) is 2.81. The van der Waals surface area contributed by atoms with Gasteiger partial charge in [0.15, 0.2) is 0 Å². The van der Waals surface area contributed by atoms with Gasteiger partial charge in [-0.3, -0.25) is 4.90 Å². The summed E-state index contributed by atoms with van der Waals surface area (Å²) in [7, 11) is 1.93. The number of hydrogen-bond acceptors (Lipinski definition) is 3. The normalized spacial score (nSPS) is 12.9. The van der Waals surface area contributed by atoms with Crippen LogP contribution < -0.4 is 5.73 Å². The van der Waals surface area contributed by atoms with Crippen molar-refractivity contribution < 1.29 is 4.39 Å². The van der Waals surface area contributed by atoms with Crippen molar-refractivity contribution in [2.75, 3.05) is 13.6 Å². The molecule has 0 spiro atoms. The fraction of sp³-hybridized carbons (Fsp3) is 0.286. The van der Waals surface area contributed by atoms with E-state index in [-0.39, 0.29) is 16.9 Å². The highest BCUT2D eigenvalue weighted by atomic mass is 79.9. The Hall–Kier alpha value is -0.460. The summed E-state index contributed by atoms with van der Waals surface area (Å²) in [6, 6.07) is 6.89.